The number of hydrogen-bond donors (Lipinski definition) is 4. The van der Waals surface area contributed by atoms with Crippen molar-refractivity contribution in [2.75, 3.05) is 19.0 Å². The van der Waals surface area contributed by atoms with Gasteiger partial charge in [-0.05, 0) is 61.9 Å². The third kappa shape index (κ3) is 9.40. The Morgan fingerprint density at radius 1 is 1.13 bits per heavy atom. The van der Waals surface area contributed by atoms with E-state index >= 15 is 0 Å². The number of cyclic esters (lactones) is 1. The van der Waals surface area contributed by atoms with Crippen molar-refractivity contribution in [2.45, 2.75) is 70.3 Å². The van der Waals surface area contributed by atoms with Gasteiger partial charge in [0.1, 0.15) is 28.6 Å². The van der Waals surface area contributed by atoms with Crippen LogP contribution in [0.5, 0.6) is 17.2 Å². The lowest BCUT2D eigenvalue weighted by Gasteiger charge is -2.23. The minimum absolute atomic E-state index is 0.00899. The number of esters is 1. The van der Waals surface area contributed by atoms with Gasteiger partial charge in [0.25, 0.3) is 0 Å². The van der Waals surface area contributed by atoms with Gasteiger partial charge in [-0.25, -0.2) is 9.78 Å². The van der Waals surface area contributed by atoms with Crippen molar-refractivity contribution in [3.8, 4) is 17.2 Å². The summed E-state index contributed by atoms with van der Waals surface area (Å²) in [7, 11) is 1.52. The minimum atomic E-state index is -0.881. The van der Waals surface area contributed by atoms with E-state index in [0.717, 1.165) is 0 Å². The fraction of sp³-hybridized carbons (Fsp3) is 0.382. The maximum atomic E-state index is 13.5. The van der Waals surface area contributed by atoms with E-state index < -0.39 is 29.6 Å². The van der Waals surface area contributed by atoms with Gasteiger partial charge < -0.3 is 30.3 Å². The molecule has 12 heteroatoms. The van der Waals surface area contributed by atoms with E-state index in [1.807, 2.05) is 0 Å². The monoisotopic (exact) mass is 649 g/mol. The molecule has 0 fully saturated rings. The molecular weight excluding hydrogens is 610 g/mol. The number of phenols is 2. The summed E-state index contributed by atoms with van der Waals surface area (Å²) in [6.45, 7) is 1.78. The van der Waals surface area contributed by atoms with Gasteiger partial charge in [-0.2, -0.15) is 0 Å². The zero-order valence-corrected chi connectivity index (χ0v) is 26.7. The summed E-state index contributed by atoms with van der Waals surface area (Å²) in [6.07, 6.45) is 7.37. The number of thiazole rings is 1. The van der Waals surface area contributed by atoms with Gasteiger partial charge in [-0.15, -0.1) is 11.3 Å². The number of aromatic hydroxyl groups is 2. The molecule has 244 valence electrons. The number of nitrogens with one attached hydrogen (secondary N) is 2. The smallest absolute Gasteiger partial charge is 0.342 e. The first-order valence-electron chi connectivity index (χ1n) is 15.2. The number of ketones is 1. The summed E-state index contributed by atoms with van der Waals surface area (Å²) >= 11 is 1.28. The Bertz CT molecular complexity index is 1550. The molecule has 0 radical (unpaired) electrons. The average molecular weight is 650 g/mol. The van der Waals surface area contributed by atoms with E-state index in [-0.39, 0.29) is 53.5 Å². The molecule has 2 heterocycles. The topological polar surface area (TPSA) is 164 Å². The first-order valence-corrected chi connectivity index (χ1v) is 16.1. The van der Waals surface area contributed by atoms with Crippen LogP contribution in [0.15, 0.2) is 48.0 Å². The van der Waals surface area contributed by atoms with Crippen molar-refractivity contribution < 1.29 is 38.9 Å². The number of hydrogen-bond acceptors (Lipinski definition) is 10. The fourth-order valence-corrected chi connectivity index (χ4v) is 5.83. The molecule has 2 atom stereocenters. The predicted molar refractivity (Wildman–Crippen MR) is 174 cm³/mol. The minimum Gasteiger partial charge on any atom is -0.507 e. The molecule has 11 nitrogen and oxygen atoms in total. The molecule has 3 aromatic rings. The number of ether oxygens (including phenoxy) is 2. The fourth-order valence-electron chi connectivity index (χ4n) is 5.28. The quantitative estimate of drug-likeness (QED) is 0.213. The largest absolute Gasteiger partial charge is 0.507 e. The first-order chi connectivity index (χ1) is 22.2. The number of Topliss-reactive ketones (excluding diaryl/α,β-unsaturated/α-hetero) is 1. The summed E-state index contributed by atoms with van der Waals surface area (Å²) in [4.78, 5) is 55.1. The van der Waals surface area contributed by atoms with Crippen LogP contribution >= 0.6 is 11.3 Å². The molecule has 4 N–H and O–H groups in total. The maximum Gasteiger partial charge on any atom is 0.342 e. The Balaban J connectivity index is 1.65. The number of nitrogens with zero attached hydrogens (tertiary/aromatic N) is 1. The van der Waals surface area contributed by atoms with Crippen LogP contribution in [0.1, 0.15) is 91.3 Å². The zero-order valence-electron chi connectivity index (χ0n) is 25.9. The highest BCUT2D eigenvalue weighted by Crippen LogP contribution is 2.44. The van der Waals surface area contributed by atoms with Crippen molar-refractivity contribution in [1.82, 2.24) is 10.3 Å². The second kappa shape index (κ2) is 16.6. The SMILES string of the molecule is COc1ccc(C(CC(=O)NCCC(=O)Nc2nccs2)c2c(O)cc3c(c2O)C(=O)O[C@@H](C)CCCC(=O)CCC/C=C/3)cc1. The second-order valence-electron chi connectivity index (χ2n) is 11.1. The summed E-state index contributed by atoms with van der Waals surface area (Å²) in [5, 5.41) is 30.6. The van der Waals surface area contributed by atoms with Crippen molar-refractivity contribution >= 4 is 46.1 Å². The number of carbonyl (C=O) groups is 4. The number of rotatable bonds is 9. The second-order valence-corrected chi connectivity index (χ2v) is 12.0. The number of anilines is 1. The number of allylic oxidation sites excluding steroid dienone is 1. The molecule has 1 aliphatic heterocycles. The lowest BCUT2D eigenvalue weighted by molar-refractivity contribution is -0.121. The van der Waals surface area contributed by atoms with E-state index in [0.29, 0.717) is 55.0 Å². The van der Waals surface area contributed by atoms with Crippen molar-refractivity contribution in [2.24, 2.45) is 0 Å². The van der Waals surface area contributed by atoms with Crippen LogP contribution in [-0.2, 0) is 19.1 Å². The summed E-state index contributed by atoms with van der Waals surface area (Å²) < 4.78 is 11.0. The molecule has 0 bridgehead atoms. The summed E-state index contributed by atoms with van der Waals surface area (Å²) in [5.41, 5.74) is 0.696. The Labute approximate surface area is 271 Å². The van der Waals surface area contributed by atoms with Crippen molar-refractivity contribution in [1.29, 1.82) is 0 Å². The Morgan fingerprint density at radius 3 is 2.61 bits per heavy atom. The zero-order chi connectivity index (χ0) is 33.1. The highest BCUT2D eigenvalue weighted by molar-refractivity contribution is 7.13. The number of phenolic OH excluding ortho intramolecular Hbond substituents is 2. The number of carbonyl (C=O) groups excluding carboxylic acids is 4. The molecular formula is C34H39N3O8S. The molecule has 2 amide bonds. The number of amides is 2. The average Bonchev–Trinajstić information content (AvgIpc) is 3.52. The number of aromatic nitrogens is 1. The molecule has 0 saturated carbocycles. The van der Waals surface area contributed by atoms with E-state index in [1.54, 1.807) is 54.9 Å². The van der Waals surface area contributed by atoms with Crippen LogP contribution in [-0.4, -0.2) is 58.5 Å². The van der Waals surface area contributed by atoms with Crippen LogP contribution in [0.2, 0.25) is 0 Å². The standard InChI is InChI=1S/C34H39N3O8S/c1-21-7-6-10-24(38)9-5-3-4-8-23-19-27(39)31(32(42)30(23)33(43)45-21)26(22-11-13-25(44-2)14-12-22)20-29(41)35-16-15-28(40)37-34-36-17-18-46-34/h4,8,11-14,17-19,21,26,39,42H,3,5-7,9-10,15-16,20H2,1-2H3,(H,35,41)(H,36,37,40)/b8-4+/t21-,26?/m0/s1. The van der Waals surface area contributed by atoms with Gasteiger partial charge in [0.2, 0.25) is 11.8 Å². The van der Waals surface area contributed by atoms with Crippen LogP contribution in [0, 0.1) is 0 Å². The Morgan fingerprint density at radius 2 is 1.89 bits per heavy atom. The third-order valence-electron chi connectivity index (χ3n) is 7.66. The number of benzene rings is 2. The van der Waals surface area contributed by atoms with Gasteiger partial charge in [-0.1, -0.05) is 24.3 Å². The third-order valence-corrected chi connectivity index (χ3v) is 8.35. The van der Waals surface area contributed by atoms with Crippen LogP contribution in [0.25, 0.3) is 6.08 Å². The number of fused-ring (bicyclic) bond motifs is 1. The highest BCUT2D eigenvalue weighted by atomic mass is 32.1. The van der Waals surface area contributed by atoms with E-state index in [9.17, 15) is 29.4 Å². The van der Waals surface area contributed by atoms with Crippen molar-refractivity contribution in [3.05, 3.63) is 70.2 Å². The highest BCUT2D eigenvalue weighted by Gasteiger charge is 2.31. The normalized spacial score (nSPS) is 17.1. The Kier molecular flexibility index (Phi) is 12.3. The van der Waals surface area contributed by atoms with Gasteiger partial charge in [-0.3, -0.25) is 14.4 Å². The summed E-state index contributed by atoms with van der Waals surface area (Å²) in [6, 6.07) is 8.19. The van der Waals surface area contributed by atoms with Gasteiger partial charge in [0, 0.05) is 55.3 Å². The molecule has 4 rings (SSSR count). The molecule has 0 aliphatic carbocycles. The lowest BCUT2D eigenvalue weighted by atomic mass is 9.84. The molecule has 1 aliphatic rings. The van der Waals surface area contributed by atoms with Gasteiger partial charge >= 0.3 is 5.97 Å². The first kappa shape index (κ1) is 34.2. The van der Waals surface area contributed by atoms with E-state index in [2.05, 4.69) is 15.6 Å². The molecule has 0 saturated heterocycles. The molecule has 1 unspecified atom stereocenters. The van der Waals surface area contributed by atoms with E-state index in [1.165, 1.54) is 24.5 Å². The van der Waals surface area contributed by atoms with Gasteiger partial charge in [0.05, 0.1) is 13.2 Å². The van der Waals surface area contributed by atoms with Crippen molar-refractivity contribution in [3.63, 3.8) is 0 Å². The summed E-state index contributed by atoms with van der Waals surface area (Å²) in [5.74, 6) is -2.47. The maximum absolute atomic E-state index is 13.5. The lowest BCUT2D eigenvalue weighted by Crippen LogP contribution is -2.29. The van der Waals surface area contributed by atoms with Gasteiger partial charge in [0.15, 0.2) is 5.13 Å². The number of methoxy groups -OCH3 is 1. The van der Waals surface area contributed by atoms with Crippen LogP contribution in [0.4, 0.5) is 5.13 Å². The molecule has 2 aromatic carbocycles. The predicted octanol–water partition coefficient (Wildman–Crippen LogP) is 5.71. The Hall–Kier alpha value is -4.71. The molecule has 1 aromatic heterocycles. The van der Waals surface area contributed by atoms with E-state index in [4.69, 9.17) is 9.47 Å². The van der Waals surface area contributed by atoms with Crippen LogP contribution in [0.3, 0.4) is 0 Å². The molecule has 46 heavy (non-hydrogen) atoms. The molecule has 0 spiro atoms. The van der Waals surface area contributed by atoms with Crippen LogP contribution < -0.4 is 15.4 Å².